The molecule has 0 aromatic heterocycles. The molecule has 0 aliphatic heterocycles. The predicted octanol–water partition coefficient (Wildman–Crippen LogP) is 20.2. The summed E-state index contributed by atoms with van der Waals surface area (Å²) in [5, 5.41) is 10.6. The van der Waals surface area contributed by atoms with E-state index in [0.717, 1.165) is 114 Å². The molecule has 0 aromatic rings. The Kier molecular flexibility index (Phi) is 60.6. The second kappa shape index (κ2) is 61.9. The summed E-state index contributed by atoms with van der Waals surface area (Å²) >= 11 is 0. The summed E-state index contributed by atoms with van der Waals surface area (Å²) < 4.78 is 68.3. The van der Waals surface area contributed by atoms with E-state index >= 15 is 0 Å². The van der Waals surface area contributed by atoms with Crippen LogP contribution in [0.5, 0.6) is 0 Å². The zero-order chi connectivity index (χ0) is 66.6. The normalized spacial score (nSPS) is 15.1. The SMILES string of the molecule is CCCCCCCCCCCCCCCCCCC(=O)O[C@H](COC(=O)CCCCCCCCCCCCC(C)CC)COP(=O)(O)OC[C@@H](O)COP(=O)(O)OC[C@@H](COC(=O)CCCCCCCCC(C)CC)OC(=O)CCCCCCCCC(C)CC. The standard InChI is InChI=1S/C71H138O17P2/c1-8-12-13-14-15-16-17-18-19-20-21-22-27-30-40-47-54-70(75)87-66(58-81-68(73)52-45-38-29-26-24-23-25-28-35-42-49-62(5)9-2)60-85-89(77,78)83-56-65(72)57-84-90(79,80)86-61-67(88-71(76)55-48-41-34-32-37-44-51-64(7)11-4)59-82-69(74)53-46-39-33-31-36-43-50-63(6)10-3/h62-67,72H,8-61H2,1-7H3,(H,77,78)(H,79,80)/t62?,63?,64?,65-,66-,67-/m1/s1. The molecule has 5 unspecified atom stereocenters. The van der Waals surface area contributed by atoms with Crippen LogP contribution in [0, 0.1) is 17.8 Å². The zero-order valence-corrected chi connectivity index (χ0v) is 60.4. The molecule has 0 radical (unpaired) electrons. The number of esters is 4. The fourth-order valence-corrected chi connectivity index (χ4v) is 12.2. The second-order valence-electron chi connectivity index (χ2n) is 26.4. The van der Waals surface area contributed by atoms with Gasteiger partial charge in [0.2, 0.25) is 0 Å². The molecule has 17 nitrogen and oxygen atoms in total. The lowest BCUT2D eigenvalue weighted by molar-refractivity contribution is -0.161. The van der Waals surface area contributed by atoms with E-state index in [4.69, 9.17) is 37.0 Å². The summed E-state index contributed by atoms with van der Waals surface area (Å²) in [7, 11) is -9.90. The Morgan fingerprint density at radius 1 is 0.311 bits per heavy atom. The van der Waals surface area contributed by atoms with Gasteiger partial charge >= 0.3 is 39.5 Å². The zero-order valence-electron chi connectivity index (χ0n) is 58.6. The van der Waals surface area contributed by atoms with Crippen LogP contribution in [0.1, 0.15) is 357 Å². The average Bonchev–Trinajstić information content (AvgIpc) is 3.44. The Morgan fingerprint density at radius 2 is 0.533 bits per heavy atom. The molecule has 0 spiro atoms. The van der Waals surface area contributed by atoms with Crippen LogP contribution in [0.3, 0.4) is 0 Å². The fraction of sp³-hybridized carbons (Fsp3) is 0.944. The molecule has 0 aliphatic rings. The summed E-state index contributed by atoms with van der Waals surface area (Å²) in [4.78, 5) is 72.6. The van der Waals surface area contributed by atoms with Crippen molar-refractivity contribution in [1.82, 2.24) is 0 Å². The molecule has 0 saturated heterocycles. The van der Waals surface area contributed by atoms with E-state index in [9.17, 15) is 43.2 Å². The van der Waals surface area contributed by atoms with Crippen molar-refractivity contribution in [2.24, 2.45) is 17.8 Å². The number of hydrogen-bond donors (Lipinski definition) is 3. The van der Waals surface area contributed by atoms with Crippen LogP contribution in [-0.4, -0.2) is 96.7 Å². The van der Waals surface area contributed by atoms with Crippen molar-refractivity contribution in [3.63, 3.8) is 0 Å². The first-order valence-corrected chi connectivity index (χ1v) is 40.0. The highest BCUT2D eigenvalue weighted by Crippen LogP contribution is 2.45. The van der Waals surface area contributed by atoms with Gasteiger partial charge in [-0.05, 0) is 43.4 Å². The third-order valence-corrected chi connectivity index (χ3v) is 19.4. The first-order valence-electron chi connectivity index (χ1n) is 37.0. The molecule has 0 rings (SSSR count). The highest BCUT2D eigenvalue weighted by molar-refractivity contribution is 7.47. The Balaban J connectivity index is 5.26. The van der Waals surface area contributed by atoms with Gasteiger partial charge in [-0.3, -0.25) is 37.3 Å². The third kappa shape index (κ3) is 61.0. The van der Waals surface area contributed by atoms with Gasteiger partial charge in [0.05, 0.1) is 26.4 Å². The van der Waals surface area contributed by atoms with E-state index in [2.05, 4.69) is 48.5 Å². The number of aliphatic hydroxyl groups excluding tert-OH is 1. The summed E-state index contributed by atoms with van der Waals surface area (Å²) in [6.45, 7) is 11.8. The van der Waals surface area contributed by atoms with Crippen LogP contribution in [0.25, 0.3) is 0 Å². The summed E-state index contributed by atoms with van der Waals surface area (Å²) in [5.74, 6) is 0.133. The van der Waals surface area contributed by atoms with Gasteiger partial charge < -0.3 is 33.8 Å². The van der Waals surface area contributed by atoms with Crippen LogP contribution in [0.4, 0.5) is 0 Å². The molecule has 3 N–H and O–H groups in total. The lowest BCUT2D eigenvalue weighted by Gasteiger charge is -2.21. The molecule has 90 heavy (non-hydrogen) atoms. The van der Waals surface area contributed by atoms with E-state index < -0.39 is 97.5 Å². The molecule has 534 valence electrons. The van der Waals surface area contributed by atoms with E-state index in [1.54, 1.807) is 0 Å². The highest BCUT2D eigenvalue weighted by Gasteiger charge is 2.30. The summed E-state index contributed by atoms with van der Waals surface area (Å²) in [5.41, 5.74) is 0. The van der Waals surface area contributed by atoms with Gasteiger partial charge in [0.1, 0.15) is 19.3 Å². The third-order valence-electron chi connectivity index (χ3n) is 17.5. The Morgan fingerprint density at radius 3 is 0.789 bits per heavy atom. The second-order valence-corrected chi connectivity index (χ2v) is 29.3. The number of phosphoric ester groups is 2. The van der Waals surface area contributed by atoms with Gasteiger partial charge in [0, 0.05) is 25.7 Å². The summed E-state index contributed by atoms with van der Waals surface area (Å²) in [6.07, 6.45) is 45.8. The number of unbranched alkanes of at least 4 members (excludes halogenated alkanes) is 34. The van der Waals surface area contributed by atoms with Crippen molar-refractivity contribution < 1.29 is 80.2 Å². The van der Waals surface area contributed by atoms with Gasteiger partial charge in [-0.25, -0.2) is 9.13 Å². The Bertz CT molecular complexity index is 1770. The first-order chi connectivity index (χ1) is 43.3. The van der Waals surface area contributed by atoms with E-state index in [0.29, 0.717) is 25.7 Å². The number of hydrogen-bond acceptors (Lipinski definition) is 15. The topological polar surface area (TPSA) is 237 Å². The van der Waals surface area contributed by atoms with Crippen molar-refractivity contribution in [2.75, 3.05) is 39.6 Å². The van der Waals surface area contributed by atoms with E-state index in [1.807, 2.05) is 0 Å². The molecule has 19 heteroatoms. The minimum atomic E-state index is -4.95. The molecule has 0 heterocycles. The van der Waals surface area contributed by atoms with Crippen LogP contribution in [-0.2, 0) is 65.4 Å². The minimum absolute atomic E-state index is 0.102. The van der Waals surface area contributed by atoms with Crippen molar-refractivity contribution in [1.29, 1.82) is 0 Å². The number of phosphoric acid groups is 2. The summed E-state index contributed by atoms with van der Waals surface area (Å²) in [6, 6.07) is 0. The van der Waals surface area contributed by atoms with Gasteiger partial charge in [-0.15, -0.1) is 0 Å². The molecule has 0 fully saturated rings. The maximum atomic E-state index is 13.0. The molecule has 0 aromatic carbocycles. The van der Waals surface area contributed by atoms with Gasteiger partial charge in [0.15, 0.2) is 12.2 Å². The largest absolute Gasteiger partial charge is 0.472 e. The van der Waals surface area contributed by atoms with Gasteiger partial charge in [0.25, 0.3) is 0 Å². The van der Waals surface area contributed by atoms with Crippen LogP contribution < -0.4 is 0 Å². The highest BCUT2D eigenvalue weighted by atomic mass is 31.2. The number of carbonyl (C=O) groups excluding carboxylic acids is 4. The van der Waals surface area contributed by atoms with Crippen molar-refractivity contribution >= 4 is 39.5 Å². The Labute approximate surface area is 549 Å². The smallest absolute Gasteiger partial charge is 0.462 e. The van der Waals surface area contributed by atoms with Gasteiger partial charge in [-0.1, -0.05) is 305 Å². The molecule has 0 saturated carbocycles. The number of ether oxygens (including phenoxy) is 4. The lowest BCUT2D eigenvalue weighted by atomic mass is 9.99. The monoisotopic (exact) mass is 1320 g/mol. The van der Waals surface area contributed by atoms with Crippen molar-refractivity contribution in [3.05, 3.63) is 0 Å². The van der Waals surface area contributed by atoms with Crippen LogP contribution in [0.15, 0.2) is 0 Å². The van der Waals surface area contributed by atoms with E-state index in [1.165, 1.54) is 161 Å². The number of aliphatic hydroxyl groups is 1. The van der Waals surface area contributed by atoms with Crippen molar-refractivity contribution in [3.8, 4) is 0 Å². The molecule has 0 aliphatic carbocycles. The van der Waals surface area contributed by atoms with Crippen molar-refractivity contribution in [2.45, 2.75) is 375 Å². The average molecular weight is 1330 g/mol. The maximum Gasteiger partial charge on any atom is 0.472 e. The van der Waals surface area contributed by atoms with Crippen LogP contribution >= 0.6 is 15.6 Å². The maximum absolute atomic E-state index is 13.0. The number of carbonyl (C=O) groups is 4. The molecule has 0 bridgehead atoms. The molecule has 0 amide bonds. The molecular weight excluding hydrogens is 1190 g/mol. The number of rotatable bonds is 69. The van der Waals surface area contributed by atoms with E-state index in [-0.39, 0.29) is 25.7 Å². The minimum Gasteiger partial charge on any atom is -0.462 e. The van der Waals surface area contributed by atoms with Crippen LogP contribution in [0.2, 0.25) is 0 Å². The predicted molar refractivity (Wildman–Crippen MR) is 363 cm³/mol. The molecule has 8 atom stereocenters. The quantitative estimate of drug-likeness (QED) is 0.0222. The Hall–Kier alpha value is -1.94. The molecular formula is C71H138O17P2. The first kappa shape index (κ1) is 88.1. The fourth-order valence-electron chi connectivity index (χ4n) is 10.6. The lowest BCUT2D eigenvalue weighted by Crippen LogP contribution is -2.30. The van der Waals surface area contributed by atoms with Gasteiger partial charge in [-0.2, -0.15) is 0 Å².